The van der Waals surface area contributed by atoms with Crippen LogP contribution in [0, 0.1) is 35.5 Å². The summed E-state index contributed by atoms with van der Waals surface area (Å²) >= 11 is 0. The molecule has 2 bridgehead atoms. The van der Waals surface area contributed by atoms with Gasteiger partial charge < -0.3 is 53.2 Å². The second kappa shape index (κ2) is 28.4. The number of aliphatic hydroxyl groups excluding tert-OH is 2. The van der Waals surface area contributed by atoms with Crippen molar-refractivity contribution in [2.75, 3.05) is 34.5 Å². The molecule has 4 aliphatic rings. The lowest BCUT2D eigenvalue weighted by atomic mass is 9.78. The van der Waals surface area contributed by atoms with E-state index < -0.39 is 77.8 Å². The first-order chi connectivity index (χ1) is 36.7. The molecule has 3 N–H and O–H groups in total. The molecule has 0 radical (unpaired) electrons. The minimum Gasteiger partial charge on any atom is -0.488 e. The number of fused-ring (bicyclic) bond motifs is 4. The van der Waals surface area contributed by atoms with Crippen LogP contribution in [0.2, 0.25) is 0 Å². The molecule has 1 saturated carbocycles. The van der Waals surface area contributed by atoms with E-state index in [-0.39, 0.29) is 67.5 Å². The summed E-state index contributed by atoms with van der Waals surface area (Å²) in [6, 6.07) is 6.75. The van der Waals surface area contributed by atoms with Crippen molar-refractivity contribution >= 4 is 40.1 Å². The van der Waals surface area contributed by atoms with Crippen molar-refractivity contribution in [2.45, 2.75) is 187 Å². The molecule has 3 fully saturated rings. The van der Waals surface area contributed by atoms with Crippen molar-refractivity contribution in [3.8, 4) is 5.75 Å². The molecule has 6 rings (SSSR count). The molecule has 426 valence electrons. The largest absolute Gasteiger partial charge is 0.488 e. The molecule has 0 unspecified atom stereocenters. The number of carbonyl (C=O) groups is 5. The maximum atomic E-state index is 14.7. The molecular formula is C61H88N2O14. The number of nitrogens with zero attached hydrogens (tertiary/aromatic N) is 2. The molecule has 1 aromatic carbocycles. The molecule has 16 heteroatoms. The Kier molecular flexibility index (Phi) is 22.6. The van der Waals surface area contributed by atoms with Crippen molar-refractivity contribution in [1.82, 2.24) is 9.47 Å². The fourth-order valence-corrected chi connectivity index (χ4v) is 12.0. The number of aliphatic hydroxyl groups is 3. The fourth-order valence-electron chi connectivity index (χ4n) is 12.0. The summed E-state index contributed by atoms with van der Waals surface area (Å²) < 4.78 is 38.7. The molecule has 77 heavy (non-hydrogen) atoms. The molecule has 0 spiro atoms. The SMILES string of the molecule is CO[C@H]1C[C@@H]2CC[C@@H](C)[C@@](O)(O2)C(=O)C(=O)N2CCCC[C@H]2C(=O)O[C@H]([C@H](C)C[C@@H]2CC[C@@H](Oc3ccc4c(ccn4CCO)c3)[C@H](OC)C2)CC(=O)[C@H](C)/C=C(\C)[C@@H](O)[C@@H](OC)C(=O)[C@H](C)C[C@H](C)/C=C/C=C/C=C/1C. The van der Waals surface area contributed by atoms with Gasteiger partial charge in [-0.3, -0.25) is 19.2 Å². The lowest BCUT2D eigenvalue weighted by molar-refractivity contribution is -0.265. The Morgan fingerprint density at radius 2 is 1.61 bits per heavy atom. The topological polar surface area (TPSA) is 210 Å². The highest BCUT2D eigenvalue weighted by Crippen LogP contribution is 2.39. The molecule has 1 amide bonds. The molecule has 3 aliphatic heterocycles. The lowest BCUT2D eigenvalue weighted by Gasteiger charge is -2.42. The van der Waals surface area contributed by atoms with Gasteiger partial charge >= 0.3 is 5.97 Å². The molecule has 2 aromatic rings. The monoisotopic (exact) mass is 1070 g/mol. The van der Waals surface area contributed by atoms with Crippen molar-refractivity contribution in [2.24, 2.45) is 35.5 Å². The Hall–Kier alpha value is -4.81. The van der Waals surface area contributed by atoms with Gasteiger partial charge in [-0.1, -0.05) is 71.1 Å². The molecule has 1 aliphatic carbocycles. The third-order valence-corrected chi connectivity index (χ3v) is 16.8. The van der Waals surface area contributed by atoms with Crippen molar-refractivity contribution in [1.29, 1.82) is 0 Å². The summed E-state index contributed by atoms with van der Waals surface area (Å²) in [6.07, 6.45) is 13.7. The van der Waals surface area contributed by atoms with Gasteiger partial charge in [0.25, 0.3) is 11.7 Å². The van der Waals surface area contributed by atoms with E-state index in [2.05, 4.69) is 0 Å². The highest BCUT2D eigenvalue weighted by Gasteiger charge is 2.53. The van der Waals surface area contributed by atoms with Gasteiger partial charge in [-0.25, -0.2) is 4.79 Å². The summed E-state index contributed by atoms with van der Waals surface area (Å²) in [6.45, 7) is 13.3. The van der Waals surface area contributed by atoms with Gasteiger partial charge in [-0.15, -0.1) is 0 Å². The van der Waals surface area contributed by atoms with Crippen molar-refractivity contribution < 1.29 is 67.7 Å². The van der Waals surface area contributed by atoms with Gasteiger partial charge in [0.05, 0.1) is 24.9 Å². The smallest absolute Gasteiger partial charge is 0.329 e. The third-order valence-electron chi connectivity index (χ3n) is 16.8. The first-order valence-electron chi connectivity index (χ1n) is 28.1. The number of methoxy groups -OCH3 is 3. The minimum atomic E-state index is -2.44. The van der Waals surface area contributed by atoms with Gasteiger partial charge in [-0.2, -0.15) is 0 Å². The summed E-state index contributed by atoms with van der Waals surface area (Å²) in [7, 11) is 4.63. The lowest BCUT2D eigenvalue weighted by Crippen LogP contribution is -2.61. The second-order valence-electron chi connectivity index (χ2n) is 22.6. The van der Waals surface area contributed by atoms with Crippen LogP contribution in [0.25, 0.3) is 10.9 Å². The number of allylic oxidation sites excluding steroid dienone is 6. The minimum absolute atomic E-state index is 0.00919. The standard InChI is InChI=1S/C61H88N2O14/c1-37-16-12-11-13-17-38(2)52(72-8)35-47-21-19-43(7)61(71,77-47)58(68)59(69)63-26-15-14-18-49(63)60(70)76-53(36-50(65)39(3)31-42(6)56(67)57(74-10)55(66)41(5)30-37)40(4)32-44-20-24-51(54(33-44)73-9)75-46-22-23-48-45(34-46)25-27-62(48)28-29-64/h11-13,16-17,22-23,25,27,31,34,37,39-41,43-44,47,49,51-54,56-57,64,67,71H,14-15,18-21,24,26,28-30,32-33,35-36H2,1-10H3/b13-11+,16-12+,38-17+,42-31+/t37-,39-,40-,41-,43-,44+,47+,49+,51-,52+,53+,54-,56-,57+,61-/m1/s1. The van der Waals surface area contributed by atoms with E-state index in [1.165, 1.54) is 12.0 Å². The average molecular weight is 1070 g/mol. The Morgan fingerprint density at radius 3 is 2.32 bits per heavy atom. The zero-order valence-corrected chi connectivity index (χ0v) is 47.3. The fraction of sp³-hybridized carbons (Fsp3) is 0.656. The number of Topliss-reactive ketones (excluding diaryl/α,β-unsaturated/α-hetero) is 3. The van der Waals surface area contributed by atoms with Gasteiger partial charge in [-0.05, 0) is 131 Å². The Balaban J connectivity index is 1.26. The summed E-state index contributed by atoms with van der Waals surface area (Å²) in [5.74, 6) is -7.34. The maximum Gasteiger partial charge on any atom is 0.329 e. The number of esters is 1. The van der Waals surface area contributed by atoms with E-state index in [4.69, 9.17) is 28.4 Å². The van der Waals surface area contributed by atoms with Crippen LogP contribution in [0.1, 0.15) is 126 Å². The number of amides is 1. The number of piperidine rings is 1. The summed E-state index contributed by atoms with van der Waals surface area (Å²) in [5, 5.41) is 34.1. The Bertz CT molecular complexity index is 2460. The van der Waals surface area contributed by atoms with Crippen LogP contribution in [0.5, 0.6) is 5.75 Å². The van der Waals surface area contributed by atoms with Crippen LogP contribution in [-0.2, 0) is 54.2 Å². The third kappa shape index (κ3) is 15.5. The first kappa shape index (κ1) is 61.4. The van der Waals surface area contributed by atoms with Crippen LogP contribution in [-0.4, -0.2) is 143 Å². The molecule has 16 nitrogen and oxygen atoms in total. The normalized spacial score (nSPS) is 36.0. The van der Waals surface area contributed by atoms with E-state index in [9.17, 15) is 39.3 Å². The quantitative estimate of drug-likeness (QED) is 0.116. The molecule has 4 heterocycles. The number of ether oxygens (including phenoxy) is 6. The number of aromatic nitrogens is 1. The van der Waals surface area contributed by atoms with E-state index in [1.54, 1.807) is 41.1 Å². The number of carbonyl (C=O) groups excluding carboxylic acids is 5. The van der Waals surface area contributed by atoms with Crippen LogP contribution in [0.4, 0.5) is 0 Å². The number of hydrogen-bond donors (Lipinski definition) is 3. The Labute approximate surface area is 456 Å². The van der Waals surface area contributed by atoms with Crippen LogP contribution >= 0.6 is 0 Å². The number of ketones is 3. The highest BCUT2D eigenvalue weighted by atomic mass is 16.6. The zero-order chi connectivity index (χ0) is 56.1. The van der Waals surface area contributed by atoms with Gasteiger partial charge in [0.2, 0.25) is 5.79 Å². The Morgan fingerprint density at radius 1 is 0.844 bits per heavy atom. The predicted molar refractivity (Wildman–Crippen MR) is 293 cm³/mol. The maximum absolute atomic E-state index is 14.7. The number of hydrogen-bond acceptors (Lipinski definition) is 14. The molecule has 15 atom stereocenters. The highest BCUT2D eigenvalue weighted by molar-refractivity contribution is 6.39. The summed E-state index contributed by atoms with van der Waals surface area (Å²) in [5.41, 5.74) is 2.26. The predicted octanol–water partition coefficient (Wildman–Crippen LogP) is 8.21. The average Bonchev–Trinajstić information content (AvgIpc) is 3.82. The second-order valence-corrected chi connectivity index (χ2v) is 22.6. The van der Waals surface area contributed by atoms with Gasteiger partial charge in [0.15, 0.2) is 5.78 Å². The molecule has 1 aromatic heterocycles. The van der Waals surface area contributed by atoms with E-state index >= 15 is 0 Å². The number of cyclic esters (lactones) is 1. The number of rotatable bonds is 10. The van der Waals surface area contributed by atoms with E-state index in [0.29, 0.717) is 69.9 Å². The van der Waals surface area contributed by atoms with Gasteiger partial charge in [0, 0.05) is 82.1 Å². The molecular weight excluding hydrogens is 985 g/mol. The first-order valence-corrected chi connectivity index (χ1v) is 28.1. The van der Waals surface area contributed by atoms with Crippen molar-refractivity contribution in [3.05, 3.63) is 78.1 Å². The van der Waals surface area contributed by atoms with Crippen molar-refractivity contribution in [3.63, 3.8) is 0 Å². The summed E-state index contributed by atoms with van der Waals surface area (Å²) in [4.78, 5) is 72.9. The van der Waals surface area contributed by atoms with Crippen LogP contribution in [0.3, 0.4) is 0 Å². The van der Waals surface area contributed by atoms with Gasteiger partial charge in [0.1, 0.15) is 42.0 Å². The van der Waals surface area contributed by atoms with Crippen LogP contribution in [0.15, 0.2) is 78.1 Å². The zero-order valence-electron chi connectivity index (χ0n) is 47.3. The van der Waals surface area contributed by atoms with E-state index in [0.717, 1.165) is 28.6 Å². The number of benzene rings is 1. The van der Waals surface area contributed by atoms with E-state index in [1.807, 2.05) is 93.1 Å². The van der Waals surface area contributed by atoms with Crippen LogP contribution < -0.4 is 4.74 Å². The molecule has 2 saturated heterocycles.